The number of carbonyl (C=O) groups is 2. The molecule has 0 radical (unpaired) electrons. The predicted molar refractivity (Wildman–Crippen MR) is 165 cm³/mol. The molecule has 2 amide bonds. The highest BCUT2D eigenvalue weighted by atomic mass is 32.2. The average molecular weight is 609 g/mol. The number of rotatable bonds is 13. The summed E-state index contributed by atoms with van der Waals surface area (Å²) in [6.07, 6.45) is 3.06. The third-order valence-electron chi connectivity index (χ3n) is 6.74. The van der Waals surface area contributed by atoms with Crippen LogP contribution in [0.5, 0.6) is 17.2 Å². The fraction of sp³-hybridized carbons (Fsp3) is 0.333. The van der Waals surface area contributed by atoms with Gasteiger partial charge in [0.2, 0.25) is 18.6 Å². The molecule has 42 heavy (non-hydrogen) atoms. The monoisotopic (exact) mass is 608 g/mol. The Morgan fingerprint density at radius 1 is 1.05 bits per heavy atom. The van der Waals surface area contributed by atoms with E-state index in [-0.39, 0.29) is 24.2 Å². The lowest BCUT2D eigenvalue weighted by atomic mass is 10.2. The zero-order valence-corrected chi connectivity index (χ0v) is 25.0. The largest absolute Gasteiger partial charge is 0.497 e. The molecule has 3 heterocycles. The van der Waals surface area contributed by atoms with Gasteiger partial charge in [0.15, 0.2) is 16.7 Å². The van der Waals surface area contributed by atoms with Crippen LogP contribution < -0.4 is 30.4 Å². The van der Waals surface area contributed by atoms with E-state index in [2.05, 4.69) is 10.6 Å². The summed E-state index contributed by atoms with van der Waals surface area (Å²) in [5, 5.41) is 7.74. The van der Waals surface area contributed by atoms with Crippen molar-refractivity contribution in [3.05, 3.63) is 64.3 Å². The number of carbonyl (C=O) groups excluding carboxylic acids is 2. The van der Waals surface area contributed by atoms with Crippen LogP contribution >= 0.6 is 23.1 Å². The van der Waals surface area contributed by atoms with Gasteiger partial charge in [-0.2, -0.15) is 0 Å². The maximum Gasteiger partial charge on any atom is 0.272 e. The summed E-state index contributed by atoms with van der Waals surface area (Å²) in [7, 11) is 1.60. The van der Waals surface area contributed by atoms with Crippen LogP contribution in [-0.2, 0) is 16.1 Å². The predicted octanol–water partition coefficient (Wildman–Crippen LogP) is 5.90. The first kappa shape index (κ1) is 29.5. The SMILES string of the molecule is CCC(Sc1nc2ccsc2c(=O)n1CCCCCC(=O)Nc1ccc(OC)cc1)C(=O)Nc1ccc2c(c1)OCO2. The van der Waals surface area contributed by atoms with Gasteiger partial charge in [0.05, 0.1) is 17.9 Å². The van der Waals surface area contributed by atoms with E-state index in [1.165, 1.54) is 23.1 Å². The topological polar surface area (TPSA) is 121 Å². The molecule has 0 saturated carbocycles. The number of nitrogens with one attached hydrogen (secondary N) is 2. The third kappa shape index (κ3) is 7.05. The second-order valence-corrected chi connectivity index (χ2v) is 11.7. The molecule has 2 aromatic heterocycles. The number of anilines is 2. The quantitative estimate of drug-likeness (QED) is 0.109. The molecule has 1 aliphatic heterocycles. The third-order valence-corrected chi connectivity index (χ3v) is 8.99. The fourth-order valence-electron chi connectivity index (χ4n) is 4.49. The maximum absolute atomic E-state index is 13.4. The smallest absolute Gasteiger partial charge is 0.272 e. The maximum atomic E-state index is 13.4. The van der Waals surface area contributed by atoms with Crippen molar-refractivity contribution in [1.82, 2.24) is 9.55 Å². The van der Waals surface area contributed by atoms with Gasteiger partial charge in [0.25, 0.3) is 5.56 Å². The van der Waals surface area contributed by atoms with Crippen LogP contribution in [0.15, 0.2) is 63.9 Å². The first-order valence-electron chi connectivity index (χ1n) is 13.7. The van der Waals surface area contributed by atoms with Crippen LogP contribution in [0.3, 0.4) is 0 Å². The highest BCUT2D eigenvalue weighted by Gasteiger charge is 2.23. The van der Waals surface area contributed by atoms with Crippen LogP contribution in [-0.4, -0.2) is 40.5 Å². The van der Waals surface area contributed by atoms with Gasteiger partial charge >= 0.3 is 0 Å². The number of amides is 2. The molecule has 220 valence electrons. The van der Waals surface area contributed by atoms with E-state index in [1.54, 1.807) is 54.1 Å². The van der Waals surface area contributed by atoms with Gasteiger partial charge in [-0.25, -0.2) is 4.98 Å². The molecule has 1 atom stereocenters. The number of fused-ring (bicyclic) bond motifs is 2. The minimum Gasteiger partial charge on any atom is -0.497 e. The van der Waals surface area contributed by atoms with Gasteiger partial charge in [-0.1, -0.05) is 25.1 Å². The Hall–Kier alpha value is -4.03. The molecule has 0 saturated heterocycles. The van der Waals surface area contributed by atoms with Crippen LogP contribution in [0.1, 0.15) is 39.0 Å². The Kier molecular flexibility index (Phi) is 9.65. The Morgan fingerprint density at radius 3 is 2.62 bits per heavy atom. The fourth-order valence-corrected chi connectivity index (χ4v) is 6.31. The summed E-state index contributed by atoms with van der Waals surface area (Å²) in [4.78, 5) is 43.7. The van der Waals surface area contributed by atoms with E-state index < -0.39 is 5.25 Å². The van der Waals surface area contributed by atoms with E-state index in [0.29, 0.717) is 64.8 Å². The Morgan fingerprint density at radius 2 is 1.83 bits per heavy atom. The Bertz CT molecular complexity index is 1620. The molecule has 2 N–H and O–H groups in total. The molecule has 10 nitrogen and oxygen atoms in total. The second-order valence-electron chi connectivity index (χ2n) is 9.65. The van der Waals surface area contributed by atoms with E-state index in [4.69, 9.17) is 19.2 Å². The average Bonchev–Trinajstić information content (AvgIpc) is 3.67. The number of thioether (sulfide) groups is 1. The summed E-state index contributed by atoms with van der Waals surface area (Å²) in [6, 6.07) is 14.3. The lowest BCUT2D eigenvalue weighted by Gasteiger charge is -2.17. The van der Waals surface area contributed by atoms with Crippen molar-refractivity contribution in [1.29, 1.82) is 0 Å². The van der Waals surface area contributed by atoms with E-state index in [1.807, 2.05) is 18.4 Å². The zero-order chi connectivity index (χ0) is 29.5. The number of ether oxygens (including phenoxy) is 3. The van der Waals surface area contributed by atoms with Gasteiger partial charge in [-0.05, 0) is 67.1 Å². The van der Waals surface area contributed by atoms with Crippen molar-refractivity contribution in [2.45, 2.75) is 56.0 Å². The molecule has 0 fully saturated rings. The van der Waals surface area contributed by atoms with Gasteiger partial charge in [-0.3, -0.25) is 19.0 Å². The van der Waals surface area contributed by atoms with E-state index in [9.17, 15) is 14.4 Å². The minimum atomic E-state index is -0.466. The van der Waals surface area contributed by atoms with Crippen molar-refractivity contribution in [3.8, 4) is 17.2 Å². The number of benzene rings is 2. The molecule has 1 unspecified atom stereocenters. The van der Waals surface area contributed by atoms with Crippen LogP contribution in [0.4, 0.5) is 11.4 Å². The molecular weight excluding hydrogens is 576 g/mol. The molecule has 5 rings (SSSR count). The molecule has 0 spiro atoms. The number of hydrogen-bond acceptors (Lipinski definition) is 9. The number of nitrogens with zero attached hydrogens (tertiary/aromatic N) is 2. The first-order valence-corrected chi connectivity index (χ1v) is 15.5. The summed E-state index contributed by atoms with van der Waals surface area (Å²) in [5.74, 6) is 1.71. The van der Waals surface area contributed by atoms with E-state index in [0.717, 1.165) is 17.9 Å². The van der Waals surface area contributed by atoms with Crippen molar-refractivity contribution in [2.75, 3.05) is 24.5 Å². The highest BCUT2D eigenvalue weighted by molar-refractivity contribution is 8.00. The lowest BCUT2D eigenvalue weighted by molar-refractivity contribution is -0.116. The Balaban J connectivity index is 1.20. The molecular formula is C30H32N4O6S2. The van der Waals surface area contributed by atoms with Crippen LogP contribution in [0, 0.1) is 0 Å². The molecule has 1 aliphatic rings. The highest BCUT2D eigenvalue weighted by Crippen LogP contribution is 2.35. The molecule has 2 aromatic carbocycles. The normalized spacial score (nSPS) is 12.7. The molecule has 12 heteroatoms. The van der Waals surface area contributed by atoms with Crippen LogP contribution in [0.2, 0.25) is 0 Å². The minimum absolute atomic E-state index is 0.0606. The lowest BCUT2D eigenvalue weighted by Crippen LogP contribution is -2.28. The van der Waals surface area contributed by atoms with Crippen LogP contribution in [0.25, 0.3) is 10.2 Å². The summed E-state index contributed by atoms with van der Waals surface area (Å²) >= 11 is 2.65. The summed E-state index contributed by atoms with van der Waals surface area (Å²) in [5.41, 5.74) is 1.85. The molecule has 4 aromatic rings. The number of hydrogen-bond donors (Lipinski definition) is 2. The Labute approximate surface area is 251 Å². The van der Waals surface area contributed by atoms with E-state index >= 15 is 0 Å². The second kappa shape index (κ2) is 13.8. The molecule has 0 bridgehead atoms. The summed E-state index contributed by atoms with van der Waals surface area (Å²) in [6.45, 7) is 2.53. The van der Waals surface area contributed by atoms with Crippen molar-refractivity contribution in [2.24, 2.45) is 0 Å². The summed E-state index contributed by atoms with van der Waals surface area (Å²) < 4.78 is 18.2. The first-order chi connectivity index (χ1) is 20.4. The zero-order valence-electron chi connectivity index (χ0n) is 23.4. The van der Waals surface area contributed by atoms with Crippen molar-refractivity contribution >= 4 is 56.5 Å². The number of methoxy groups -OCH3 is 1. The van der Waals surface area contributed by atoms with Gasteiger partial charge in [-0.15, -0.1) is 11.3 Å². The molecule has 0 aliphatic carbocycles. The number of unbranched alkanes of at least 4 members (excludes halogenated alkanes) is 2. The standard InChI is InChI=1S/C30H32N4O6S2/c1-3-25(28(36)32-20-10-13-23-24(17-20)40-18-39-23)42-30-33-22-14-16-41-27(22)29(37)34(30)15-6-4-5-7-26(35)31-19-8-11-21(38-2)12-9-19/h8-14,16-17,25H,3-7,15,18H2,1-2H3,(H,31,35)(H,32,36). The van der Waals surface area contributed by atoms with Gasteiger partial charge < -0.3 is 24.8 Å². The van der Waals surface area contributed by atoms with Crippen molar-refractivity contribution < 1.29 is 23.8 Å². The number of aromatic nitrogens is 2. The van der Waals surface area contributed by atoms with Gasteiger partial charge in [0.1, 0.15) is 10.4 Å². The number of thiophene rings is 1. The van der Waals surface area contributed by atoms with Gasteiger partial charge in [0, 0.05) is 30.4 Å². The van der Waals surface area contributed by atoms with Crippen molar-refractivity contribution in [3.63, 3.8) is 0 Å².